The average Bonchev–Trinajstić information content (AvgIpc) is 3.20. The molecule has 0 spiro atoms. The number of hydrogen-bond donors (Lipinski definition) is 2. The van der Waals surface area contributed by atoms with Crippen molar-refractivity contribution in [2.45, 2.75) is 58.0 Å². The van der Waals surface area contributed by atoms with E-state index in [9.17, 15) is 0 Å². The quantitative estimate of drug-likeness (QED) is 0.712. The van der Waals surface area contributed by atoms with E-state index in [0.717, 1.165) is 38.2 Å². The van der Waals surface area contributed by atoms with Crippen molar-refractivity contribution in [3.8, 4) is 0 Å². The number of allylic oxidation sites excluding steroid dienone is 1. The van der Waals surface area contributed by atoms with Gasteiger partial charge in [-0.2, -0.15) is 0 Å². The molecule has 2 N–H and O–H groups in total. The second-order valence-electron chi connectivity index (χ2n) is 5.63. The molecule has 1 unspecified atom stereocenters. The zero-order valence-corrected chi connectivity index (χ0v) is 11.7. The summed E-state index contributed by atoms with van der Waals surface area (Å²) in [4.78, 5) is 0. The first-order valence-corrected chi connectivity index (χ1v) is 7.31. The molecule has 1 aliphatic carbocycles. The Labute approximate surface area is 110 Å². The van der Waals surface area contributed by atoms with Crippen LogP contribution in [-0.2, 0) is 4.74 Å². The molecule has 0 bridgehead atoms. The summed E-state index contributed by atoms with van der Waals surface area (Å²) in [7, 11) is 0. The molecule has 2 fully saturated rings. The van der Waals surface area contributed by atoms with E-state index in [2.05, 4.69) is 25.2 Å². The summed E-state index contributed by atoms with van der Waals surface area (Å²) in [6.45, 7) is 6.09. The summed E-state index contributed by atoms with van der Waals surface area (Å²) >= 11 is 0. The minimum atomic E-state index is 0.243. The van der Waals surface area contributed by atoms with Crippen molar-refractivity contribution in [1.29, 1.82) is 5.41 Å². The highest BCUT2D eigenvalue weighted by molar-refractivity contribution is 5.97. The van der Waals surface area contributed by atoms with E-state index in [-0.39, 0.29) is 6.04 Å². The van der Waals surface area contributed by atoms with Crippen LogP contribution in [0, 0.1) is 11.3 Å². The van der Waals surface area contributed by atoms with Crippen molar-refractivity contribution in [1.82, 2.24) is 5.32 Å². The SMILES string of the molecule is CCC(NC1CC1)C(=N)/C=C(\C)C1CCOCC1. The molecule has 1 aliphatic heterocycles. The molecule has 0 aromatic carbocycles. The van der Waals surface area contributed by atoms with Gasteiger partial charge in [0.15, 0.2) is 0 Å². The summed E-state index contributed by atoms with van der Waals surface area (Å²) in [5.41, 5.74) is 2.12. The summed E-state index contributed by atoms with van der Waals surface area (Å²) in [5.74, 6) is 0.623. The lowest BCUT2D eigenvalue weighted by atomic mass is 9.90. The molecule has 1 saturated heterocycles. The van der Waals surface area contributed by atoms with Gasteiger partial charge in [-0.1, -0.05) is 12.5 Å². The van der Waals surface area contributed by atoms with Crippen LogP contribution >= 0.6 is 0 Å². The summed E-state index contributed by atoms with van der Waals surface area (Å²) < 4.78 is 5.39. The third kappa shape index (κ3) is 3.92. The highest BCUT2D eigenvalue weighted by Crippen LogP contribution is 2.24. The van der Waals surface area contributed by atoms with E-state index in [1.807, 2.05) is 0 Å². The van der Waals surface area contributed by atoms with Crippen molar-refractivity contribution >= 4 is 5.71 Å². The molecular formula is C15H26N2O. The Morgan fingerprint density at radius 3 is 2.56 bits per heavy atom. The Kier molecular flexibility index (Phi) is 4.95. The number of ether oxygens (including phenoxy) is 1. The highest BCUT2D eigenvalue weighted by Gasteiger charge is 2.25. The molecular weight excluding hydrogens is 224 g/mol. The Balaban J connectivity index is 1.89. The van der Waals surface area contributed by atoms with Gasteiger partial charge >= 0.3 is 0 Å². The minimum Gasteiger partial charge on any atom is -0.381 e. The Bertz CT molecular complexity index is 314. The van der Waals surface area contributed by atoms with Gasteiger partial charge < -0.3 is 15.5 Å². The van der Waals surface area contributed by atoms with Gasteiger partial charge in [0.05, 0.1) is 0 Å². The van der Waals surface area contributed by atoms with Crippen LogP contribution in [0.15, 0.2) is 11.6 Å². The highest BCUT2D eigenvalue weighted by atomic mass is 16.5. The maximum atomic E-state index is 8.25. The number of nitrogens with one attached hydrogen (secondary N) is 2. The third-order valence-electron chi connectivity index (χ3n) is 4.05. The van der Waals surface area contributed by atoms with Gasteiger partial charge in [-0.25, -0.2) is 0 Å². The maximum absolute atomic E-state index is 8.25. The van der Waals surface area contributed by atoms with Crippen LogP contribution < -0.4 is 5.32 Å². The van der Waals surface area contributed by atoms with Crippen LogP contribution in [0.3, 0.4) is 0 Å². The van der Waals surface area contributed by atoms with E-state index in [4.69, 9.17) is 10.1 Å². The molecule has 1 saturated carbocycles. The van der Waals surface area contributed by atoms with Crippen LogP contribution in [0.25, 0.3) is 0 Å². The largest absolute Gasteiger partial charge is 0.381 e. The smallest absolute Gasteiger partial charge is 0.0487 e. The lowest BCUT2D eigenvalue weighted by molar-refractivity contribution is 0.0758. The van der Waals surface area contributed by atoms with Gasteiger partial charge in [-0.05, 0) is 51.0 Å². The molecule has 0 aromatic rings. The van der Waals surface area contributed by atoms with Crippen molar-refractivity contribution in [2.24, 2.45) is 5.92 Å². The van der Waals surface area contributed by atoms with Crippen LogP contribution in [0.5, 0.6) is 0 Å². The minimum absolute atomic E-state index is 0.243. The zero-order valence-electron chi connectivity index (χ0n) is 11.7. The summed E-state index contributed by atoms with van der Waals surface area (Å²) in [6.07, 6.45) is 7.90. The number of hydrogen-bond acceptors (Lipinski definition) is 3. The van der Waals surface area contributed by atoms with Crippen molar-refractivity contribution < 1.29 is 4.74 Å². The molecule has 3 heteroatoms. The van der Waals surface area contributed by atoms with Crippen LogP contribution in [0.2, 0.25) is 0 Å². The molecule has 0 amide bonds. The van der Waals surface area contributed by atoms with E-state index in [1.165, 1.54) is 18.4 Å². The lowest BCUT2D eigenvalue weighted by Crippen LogP contribution is -2.36. The summed E-state index contributed by atoms with van der Waals surface area (Å²) in [6, 6.07) is 0.916. The maximum Gasteiger partial charge on any atom is 0.0487 e. The molecule has 3 nitrogen and oxygen atoms in total. The lowest BCUT2D eigenvalue weighted by Gasteiger charge is -2.24. The second kappa shape index (κ2) is 6.48. The Morgan fingerprint density at radius 1 is 1.33 bits per heavy atom. The predicted octanol–water partition coefficient (Wildman–Crippen LogP) is 2.91. The van der Waals surface area contributed by atoms with Gasteiger partial charge in [-0.3, -0.25) is 0 Å². The van der Waals surface area contributed by atoms with Crippen LogP contribution in [0.4, 0.5) is 0 Å². The fraction of sp³-hybridized carbons (Fsp3) is 0.800. The molecule has 1 atom stereocenters. The molecule has 2 rings (SSSR count). The third-order valence-corrected chi connectivity index (χ3v) is 4.05. The van der Waals surface area contributed by atoms with E-state index >= 15 is 0 Å². The molecule has 2 aliphatic rings. The fourth-order valence-electron chi connectivity index (χ4n) is 2.58. The van der Waals surface area contributed by atoms with Gasteiger partial charge in [0.25, 0.3) is 0 Å². The Hall–Kier alpha value is -0.670. The molecule has 18 heavy (non-hydrogen) atoms. The molecule has 0 aromatic heterocycles. The first-order chi connectivity index (χ1) is 8.70. The van der Waals surface area contributed by atoms with Gasteiger partial charge in [0.2, 0.25) is 0 Å². The number of rotatable bonds is 6. The van der Waals surface area contributed by atoms with E-state index < -0.39 is 0 Å². The first kappa shape index (κ1) is 13.8. The van der Waals surface area contributed by atoms with E-state index in [1.54, 1.807) is 0 Å². The molecule has 1 heterocycles. The second-order valence-corrected chi connectivity index (χ2v) is 5.63. The van der Waals surface area contributed by atoms with Crippen molar-refractivity contribution in [3.63, 3.8) is 0 Å². The van der Waals surface area contributed by atoms with Crippen molar-refractivity contribution in [2.75, 3.05) is 13.2 Å². The van der Waals surface area contributed by atoms with Gasteiger partial charge in [0, 0.05) is 31.0 Å². The predicted molar refractivity (Wildman–Crippen MR) is 75.3 cm³/mol. The van der Waals surface area contributed by atoms with Gasteiger partial charge in [-0.15, -0.1) is 0 Å². The normalized spacial score (nSPS) is 24.0. The summed E-state index contributed by atoms with van der Waals surface area (Å²) in [5, 5.41) is 11.8. The molecule has 102 valence electrons. The standard InChI is InChI=1S/C15H26N2O/c1-3-15(17-13-4-5-13)14(16)10-11(2)12-6-8-18-9-7-12/h10,12-13,15-17H,3-9H2,1-2H3/b11-10+,16-14?. The van der Waals surface area contributed by atoms with Gasteiger partial charge in [0.1, 0.15) is 0 Å². The Morgan fingerprint density at radius 2 is 2.00 bits per heavy atom. The fourth-order valence-corrected chi connectivity index (χ4v) is 2.58. The van der Waals surface area contributed by atoms with E-state index in [0.29, 0.717) is 12.0 Å². The van der Waals surface area contributed by atoms with Crippen molar-refractivity contribution in [3.05, 3.63) is 11.6 Å². The first-order valence-electron chi connectivity index (χ1n) is 7.31. The average molecular weight is 250 g/mol. The monoisotopic (exact) mass is 250 g/mol. The zero-order chi connectivity index (χ0) is 13.0. The molecule has 0 radical (unpaired) electrons. The van der Waals surface area contributed by atoms with Crippen LogP contribution in [0.1, 0.15) is 46.0 Å². The topological polar surface area (TPSA) is 45.1 Å². The van der Waals surface area contributed by atoms with Crippen LogP contribution in [-0.4, -0.2) is 31.0 Å².